The molecule has 1 saturated heterocycles. The van der Waals surface area contributed by atoms with Crippen LogP contribution in [-0.4, -0.2) is 43.9 Å². The standard InChI is InChI=1S/C18H27NO5S/c20-16(10-24-17(21)6-12-1-2-25(22,23)11-12)19-18-7-13-3-14(8-18)5-15(4-13)9-18/h12-15H,1-11H2,(H,19,20)/t12-,13?,14?,15?,18?/m1/s1. The molecule has 5 rings (SSSR count). The minimum atomic E-state index is -2.99. The van der Waals surface area contributed by atoms with Gasteiger partial charge in [0.25, 0.3) is 5.91 Å². The van der Waals surface area contributed by atoms with Crippen molar-refractivity contribution in [1.82, 2.24) is 5.32 Å². The van der Waals surface area contributed by atoms with Crippen molar-refractivity contribution < 1.29 is 22.7 Å². The van der Waals surface area contributed by atoms with Crippen LogP contribution in [0.4, 0.5) is 0 Å². The zero-order chi connectivity index (χ0) is 17.7. The zero-order valence-corrected chi connectivity index (χ0v) is 15.4. The summed E-state index contributed by atoms with van der Waals surface area (Å²) in [6, 6.07) is 0. The van der Waals surface area contributed by atoms with Crippen LogP contribution in [0.25, 0.3) is 0 Å². The maximum Gasteiger partial charge on any atom is 0.306 e. The Balaban J connectivity index is 1.24. The van der Waals surface area contributed by atoms with E-state index in [9.17, 15) is 18.0 Å². The van der Waals surface area contributed by atoms with Crippen LogP contribution in [0.5, 0.6) is 0 Å². The highest BCUT2D eigenvalue weighted by Crippen LogP contribution is 2.55. The fourth-order valence-corrected chi connectivity index (χ4v) is 7.93. The van der Waals surface area contributed by atoms with Gasteiger partial charge < -0.3 is 10.1 Å². The van der Waals surface area contributed by atoms with E-state index in [0.717, 1.165) is 37.0 Å². The van der Waals surface area contributed by atoms with Crippen molar-refractivity contribution in [2.75, 3.05) is 18.1 Å². The molecule has 0 aromatic carbocycles. The average Bonchev–Trinajstić information content (AvgIpc) is 2.82. The largest absolute Gasteiger partial charge is 0.456 e. The summed E-state index contributed by atoms with van der Waals surface area (Å²) >= 11 is 0. The number of rotatable bonds is 5. The first-order valence-corrected chi connectivity index (χ1v) is 11.3. The van der Waals surface area contributed by atoms with Crippen molar-refractivity contribution in [3.05, 3.63) is 0 Å². The fraction of sp³-hybridized carbons (Fsp3) is 0.889. The maximum absolute atomic E-state index is 12.3. The first-order valence-electron chi connectivity index (χ1n) is 9.48. The number of carbonyl (C=O) groups is 2. The molecule has 4 bridgehead atoms. The predicted molar refractivity (Wildman–Crippen MR) is 91.4 cm³/mol. The summed E-state index contributed by atoms with van der Waals surface area (Å²) in [5.41, 5.74) is -0.0717. The van der Waals surface area contributed by atoms with Gasteiger partial charge in [0.2, 0.25) is 0 Å². The van der Waals surface area contributed by atoms with Crippen molar-refractivity contribution in [2.24, 2.45) is 23.7 Å². The minimum absolute atomic E-state index is 0.0571. The molecular weight excluding hydrogens is 342 g/mol. The van der Waals surface area contributed by atoms with Crippen LogP contribution in [0.2, 0.25) is 0 Å². The third kappa shape index (κ3) is 3.86. The smallest absolute Gasteiger partial charge is 0.306 e. The van der Waals surface area contributed by atoms with Crippen LogP contribution >= 0.6 is 0 Å². The Hall–Kier alpha value is -1.11. The van der Waals surface area contributed by atoms with Crippen LogP contribution in [0, 0.1) is 23.7 Å². The fourth-order valence-electron chi connectivity index (χ4n) is 6.07. The van der Waals surface area contributed by atoms with Gasteiger partial charge in [0.05, 0.1) is 11.5 Å². The lowest BCUT2D eigenvalue weighted by Gasteiger charge is -2.56. The highest BCUT2D eigenvalue weighted by molar-refractivity contribution is 7.91. The molecule has 4 aliphatic carbocycles. The second-order valence-corrected chi connectivity index (χ2v) is 11.1. The third-order valence-electron chi connectivity index (χ3n) is 6.59. The Morgan fingerprint density at radius 1 is 1.04 bits per heavy atom. The molecule has 0 aromatic heterocycles. The summed E-state index contributed by atoms with van der Waals surface area (Å²) in [6.45, 7) is -0.250. The molecule has 1 amide bonds. The van der Waals surface area contributed by atoms with Gasteiger partial charge in [-0.05, 0) is 68.6 Å². The Kier molecular flexibility index (Phi) is 4.33. The molecule has 7 heteroatoms. The van der Waals surface area contributed by atoms with Gasteiger partial charge in [0.15, 0.2) is 16.4 Å². The lowest BCUT2D eigenvalue weighted by atomic mass is 9.53. The molecule has 1 atom stereocenters. The van der Waals surface area contributed by atoms with Crippen LogP contribution < -0.4 is 5.32 Å². The highest BCUT2D eigenvalue weighted by atomic mass is 32.2. The number of nitrogens with one attached hydrogen (secondary N) is 1. The Labute approximate surface area is 149 Å². The maximum atomic E-state index is 12.3. The van der Waals surface area contributed by atoms with Gasteiger partial charge >= 0.3 is 5.97 Å². The lowest BCUT2D eigenvalue weighted by molar-refractivity contribution is -0.150. The number of sulfone groups is 1. The number of hydrogen-bond acceptors (Lipinski definition) is 5. The number of ether oxygens (including phenoxy) is 1. The minimum Gasteiger partial charge on any atom is -0.456 e. The summed E-state index contributed by atoms with van der Waals surface area (Å²) < 4.78 is 28.0. The van der Waals surface area contributed by atoms with Crippen molar-refractivity contribution >= 4 is 21.7 Å². The summed E-state index contributed by atoms with van der Waals surface area (Å²) in [4.78, 5) is 24.2. The summed E-state index contributed by atoms with van der Waals surface area (Å²) in [7, 11) is -2.99. The number of amides is 1. The zero-order valence-electron chi connectivity index (χ0n) is 14.5. The van der Waals surface area contributed by atoms with E-state index in [0.29, 0.717) is 6.42 Å². The van der Waals surface area contributed by atoms with Gasteiger partial charge in [0, 0.05) is 12.0 Å². The number of carbonyl (C=O) groups excluding carboxylic acids is 2. The monoisotopic (exact) mass is 369 g/mol. The molecule has 0 spiro atoms. The molecule has 0 unspecified atom stereocenters. The highest BCUT2D eigenvalue weighted by Gasteiger charge is 2.51. The van der Waals surface area contributed by atoms with E-state index in [2.05, 4.69) is 5.32 Å². The molecule has 1 N–H and O–H groups in total. The van der Waals surface area contributed by atoms with E-state index >= 15 is 0 Å². The van der Waals surface area contributed by atoms with Gasteiger partial charge in [-0.2, -0.15) is 0 Å². The van der Waals surface area contributed by atoms with E-state index in [1.54, 1.807) is 0 Å². The van der Waals surface area contributed by atoms with Crippen molar-refractivity contribution in [2.45, 2.75) is 56.9 Å². The molecule has 1 aliphatic heterocycles. The Morgan fingerprint density at radius 2 is 1.64 bits per heavy atom. The van der Waals surface area contributed by atoms with E-state index in [1.165, 1.54) is 19.3 Å². The Bertz CT molecular complexity index is 636. The summed E-state index contributed by atoms with van der Waals surface area (Å²) in [5.74, 6) is 1.61. The van der Waals surface area contributed by atoms with E-state index in [4.69, 9.17) is 4.74 Å². The third-order valence-corrected chi connectivity index (χ3v) is 8.43. The van der Waals surface area contributed by atoms with Gasteiger partial charge in [-0.3, -0.25) is 9.59 Å². The van der Waals surface area contributed by atoms with Crippen LogP contribution in [0.3, 0.4) is 0 Å². The molecule has 4 saturated carbocycles. The SMILES string of the molecule is O=C(COC(=O)C[C@H]1CCS(=O)(=O)C1)NC12CC3CC(CC(C3)C1)C2. The average molecular weight is 369 g/mol. The van der Waals surface area contributed by atoms with Gasteiger partial charge in [-0.25, -0.2) is 8.42 Å². The molecule has 0 radical (unpaired) electrons. The van der Waals surface area contributed by atoms with Crippen molar-refractivity contribution in [3.63, 3.8) is 0 Å². The molecular formula is C18H27NO5S. The number of hydrogen-bond donors (Lipinski definition) is 1. The van der Waals surface area contributed by atoms with Crippen LogP contribution in [0.15, 0.2) is 0 Å². The quantitative estimate of drug-likeness (QED) is 0.741. The van der Waals surface area contributed by atoms with E-state index < -0.39 is 15.8 Å². The van der Waals surface area contributed by atoms with Crippen molar-refractivity contribution in [1.29, 1.82) is 0 Å². The molecule has 6 nitrogen and oxygen atoms in total. The molecule has 140 valence electrons. The van der Waals surface area contributed by atoms with Crippen LogP contribution in [-0.2, 0) is 24.2 Å². The second kappa shape index (κ2) is 6.25. The predicted octanol–water partition coefficient (Wildman–Crippen LogP) is 1.44. The van der Waals surface area contributed by atoms with Crippen LogP contribution in [0.1, 0.15) is 51.4 Å². The molecule has 25 heavy (non-hydrogen) atoms. The first kappa shape index (κ1) is 17.3. The first-order chi connectivity index (χ1) is 11.8. The molecule has 5 fully saturated rings. The van der Waals surface area contributed by atoms with Gasteiger partial charge in [0.1, 0.15) is 0 Å². The Morgan fingerprint density at radius 3 is 2.16 bits per heavy atom. The molecule has 5 aliphatic rings. The van der Waals surface area contributed by atoms with Gasteiger partial charge in [-0.1, -0.05) is 0 Å². The molecule has 0 aromatic rings. The van der Waals surface area contributed by atoms with Crippen molar-refractivity contribution in [3.8, 4) is 0 Å². The lowest BCUT2D eigenvalue weighted by Crippen LogP contribution is -2.60. The number of esters is 1. The summed E-state index contributed by atoms with van der Waals surface area (Å²) in [6.07, 6.45) is 7.74. The van der Waals surface area contributed by atoms with E-state index in [-0.39, 0.29) is 41.9 Å². The van der Waals surface area contributed by atoms with Gasteiger partial charge in [-0.15, -0.1) is 0 Å². The summed E-state index contributed by atoms with van der Waals surface area (Å²) in [5, 5.41) is 3.17. The normalized spacial score (nSPS) is 40.8. The second-order valence-electron chi connectivity index (χ2n) is 8.88. The van der Waals surface area contributed by atoms with E-state index in [1.807, 2.05) is 0 Å². The molecule has 1 heterocycles. The topological polar surface area (TPSA) is 89.5 Å².